The summed E-state index contributed by atoms with van der Waals surface area (Å²) in [7, 11) is 0. The lowest BCUT2D eigenvalue weighted by Crippen LogP contribution is -2.27. The van der Waals surface area contributed by atoms with Crippen LogP contribution in [0, 0.1) is 0 Å². The third-order valence-corrected chi connectivity index (χ3v) is 3.99. The molecule has 2 N–H and O–H groups in total. The highest BCUT2D eigenvalue weighted by atomic mass is 35.5. The molecule has 0 fully saturated rings. The van der Waals surface area contributed by atoms with Crippen molar-refractivity contribution in [3.8, 4) is 0 Å². The van der Waals surface area contributed by atoms with Gasteiger partial charge in [-0.1, -0.05) is 29.3 Å². The van der Waals surface area contributed by atoms with Crippen molar-refractivity contribution < 1.29 is 5.11 Å². The SMILES string of the molecule is OCCN(Cc1ccc(Cl)c(Cl)c1)c1ncnc2[nH]ncc12. The predicted molar refractivity (Wildman–Crippen MR) is 86.3 cm³/mol. The monoisotopic (exact) mass is 337 g/mol. The summed E-state index contributed by atoms with van der Waals surface area (Å²) in [5.74, 6) is 0.707. The average molecular weight is 338 g/mol. The van der Waals surface area contributed by atoms with Gasteiger partial charge in [-0.2, -0.15) is 5.10 Å². The van der Waals surface area contributed by atoms with Crippen LogP contribution in [0.15, 0.2) is 30.7 Å². The van der Waals surface area contributed by atoms with Crippen molar-refractivity contribution in [2.24, 2.45) is 0 Å². The van der Waals surface area contributed by atoms with Crippen LogP contribution in [-0.4, -0.2) is 38.4 Å². The first-order valence-electron chi connectivity index (χ1n) is 6.63. The molecule has 0 saturated heterocycles. The van der Waals surface area contributed by atoms with Crippen LogP contribution in [-0.2, 0) is 6.54 Å². The number of nitrogens with one attached hydrogen (secondary N) is 1. The summed E-state index contributed by atoms with van der Waals surface area (Å²) in [6.45, 7) is 0.969. The zero-order chi connectivity index (χ0) is 15.5. The highest BCUT2D eigenvalue weighted by Crippen LogP contribution is 2.26. The Kier molecular flexibility index (Phi) is 4.42. The van der Waals surface area contributed by atoms with Gasteiger partial charge in [0.15, 0.2) is 5.65 Å². The van der Waals surface area contributed by atoms with Crippen molar-refractivity contribution in [2.75, 3.05) is 18.1 Å². The van der Waals surface area contributed by atoms with Crippen molar-refractivity contribution in [3.63, 3.8) is 0 Å². The number of nitrogens with zero attached hydrogens (tertiary/aromatic N) is 4. The Morgan fingerprint density at radius 1 is 1.18 bits per heavy atom. The van der Waals surface area contributed by atoms with Crippen LogP contribution >= 0.6 is 23.2 Å². The summed E-state index contributed by atoms with van der Waals surface area (Å²) < 4.78 is 0. The molecule has 0 atom stereocenters. The van der Waals surface area contributed by atoms with E-state index < -0.39 is 0 Å². The molecule has 0 bridgehead atoms. The van der Waals surface area contributed by atoms with Gasteiger partial charge in [0.05, 0.1) is 28.2 Å². The fraction of sp³-hybridized carbons (Fsp3) is 0.214. The molecule has 0 amide bonds. The number of aliphatic hydroxyl groups excluding tert-OH is 1. The molecule has 0 spiro atoms. The van der Waals surface area contributed by atoms with Gasteiger partial charge in [0.2, 0.25) is 0 Å². The first kappa shape index (κ1) is 15.0. The van der Waals surface area contributed by atoms with Crippen LogP contribution in [0.3, 0.4) is 0 Å². The molecule has 0 saturated carbocycles. The molecule has 2 heterocycles. The van der Waals surface area contributed by atoms with Crippen molar-refractivity contribution in [2.45, 2.75) is 6.54 Å². The summed E-state index contributed by atoms with van der Waals surface area (Å²) >= 11 is 12.0. The first-order valence-corrected chi connectivity index (χ1v) is 7.38. The quantitative estimate of drug-likeness (QED) is 0.748. The normalized spacial score (nSPS) is 11.0. The van der Waals surface area contributed by atoms with Gasteiger partial charge in [0.1, 0.15) is 12.1 Å². The lowest BCUT2D eigenvalue weighted by atomic mass is 10.2. The highest BCUT2D eigenvalue weighted by Gasteiger charge is 2.14. The van der Waals surface area contributed by atoms with Gasteiger partial charge in [0, 0.05) is 13.1 Å². The van der Waals surface area contributed by atoms with Gasteiger partial charge >= 0.3 is 0 Å². The number of halogens is 2. The van der Waals surface area contributed by atoms with E-state index in [2.05, 4.69) is 20.2 Å². The Balaban J connectivity index is 1.95. The molecule has 22 heavy (non-hydrogen) atoms. The van der Waals surface area contributed by atoms with E-state index in [4.69, 9.17) is 23.2 Å². The molecule has 0 aliphatic carbocycles. The van der Waals surface area contributed by atoms with E-state index in [1.807, 2.05) is 17.0 Å². The lowest BCUT2D eigenvalue weighted by Gasteiger charge is -2.23. The van der Waals surface area contributed by atoms with Crippen LogP contribution in [0.25, 0.3) is 11.0 Å². The number of anilines is 1. The van der Waals surface area contributed by atoms with Gasteiger partial charge in [0.25, 0.3) is 0 Å². The summed E-state index contributed by atoms with van der Waals surface area (Å²) in [4.78, 5) is 10.4. The van der Waals surface area contributed by atoms with Gasteiger partial charge in [-0.05, 0) is 17.7 Å². The minimum atomic E-state index is 0.00463. The number of hydrogen-bond acceptors (Lipinski definition) is 5. The minimum absolute atomic E-state index is 0.00463. The number of benzene rings is 1. The second-order valence-electron chi connectivity index (χ2n) is 4.72. The molecule has 0 radical (unpaired) electrons. The van der Waals surface area contributed by atoms with Crippen LogP contribution in [0.1, 0.15) is 5.56 Å². The Hall–Kier alpha value is -1.89. The van der Waals surface area contributed by atoms with E-state index >= 15 is 0 Å². The number of H-pyrrole nitrogens is 1. The predicted octanol–water partition coefficient (Wildman–Crippen LogP) is 2.66. The van der Waals surface area contributed by atoms with Gasteiger partial charge < -0.3 is 10.0 Å². The Morgan fingerprint density at radius 3 is 2.82 bits per heavy atom. The Labute approximate surface area is 136 Å². The summed E-state index contributed by atoms with van der Waals surface area (Å²) in [6, 6.07) is 5.46. The molecule has 2 aromatic heterocycles. The van der Waals surface area contributed by atoms with Gasteiger partial charge in [-0.25, -0.2) is 9.97 Å². The zero-order valence-corrected chi connectivity index (χ0v) is 13.0. The largest absolute Gasteiger partial charge is 0.395 e. The third kappa shape index (κ3) is 2.99. The molecule has 1 aromatic carbocycles. The van der Waals surface area contributed by atoms with Crippen molar-refractivity contribution >= 4 is 40.1 Å². The van der Waals surface area contributed by atoms with Crippen molar-refractivity contribution in [1.82, 2.24) is 20.2 Å². The fourth-order valence-electron chi connectivity index (χ4n) is 2.24. The maximum Gasteiger partial charge on any atom is 0.160 e. The van der Waals surface area contributed by atoms with E-state index in [0.717, 1.165) is 10.9 Å². The molecule has 0 aliphatic rings. The number of aromatic amines is 1. The van der Waals surface area contributed by atoms with Crippen molar-refractivity contribution in [1.29, 1.82) is 0 Å². The Bertz CT molecular complexity index is 792. The number of fused-ring (bicyclic) bond motifs is 1. The van der Waals surface area contributed by atoms with E-state index in [1.165, 1.54) is 6.33 Å². The third-order valence-electron chi connectivity index (χ3n) is 3.25. The minimum Gasteiger partial charge on any atom is -0.395 e. The molecular formula is C14H13Cl2N5O. The van der Waals surface area contributed by atoms with E-state index in [0.29, 0.717) is 34.6 Å². The highest BCUT2D eigenvalue weighted by molar-refractivity contribution is 6.42. The van der Waals surface area contributed by atoms with Crippen LogP contribution in [0.4, 0.5) is 5.82 Å². The lowest BCUT2D eigenvalue weighted by molar-refractivity contribution is 0.301. The molecule has 3 aromatic rings. The number of rotatable bonds is 5. The summed E-state index contributed by atoms with van der Waals surface area (Å²) in [5, 5.41) is 17.9. The molecule has 3 rings (SSSR count). The van der Waals surface area contributed by atoms with E-state index in [9.17, 15) is 5.11 Å². The average Bonchev–Trinajstić information content (AvgIpc) is 2.99. The second kappa shape index (κ2) is 6.48. The molecule has 0 unspecified atom stereocenters. The summed E-state index contributed by atoms with van der Waals surface area (Å²) in [6.07, 6.45) is 3.14. The number of aliphatic hydroxyl groups is 1. The van der Waals surface area contributed by atoms with E-state index in [-0.39, 0.29) is 6.61 Å². The van der Waals surface area contributed by atoms with E-state index in [1.54, 1.807) is 12.3 Å². The van der Waals surface area contributed by atoms with Crippen molar-refractivity contribution in [3.05, 3.63) is 46.3 Å². The zero-order valence-electron chi connectivity index (χ0n) is 11.5. The van der Waals surface area contributed by atoms with Gasteiger partial charge in [-0.15, -0.1) is 0 Å². The molecule has 0 aliphatic heterocycles. The topological polar surface area (TPSA) is 77.9 Å². The molecule has 114 valence electrons. The number of hydrogen-bond donors (Lipinski definition) is 2. The molecule has 6 nitrogen and oxygen atoms in total. The van der Waals surface area contributed by atoms with Gasteiger partial charge in [-0.3, -0.25) is 5.10 Å². The van der Waals surface area contributed by atoms with Crippen LogP contribution < -0.4 is 4.90 Å². The maximum atomic E-state index is 9.34. The first-order chi connectivity index (χ1) is 10.7. The Morgan fingerprint density at radius 2 is 2.05 bits per heavy atom. The standard InChI is InChI=1S/C14H13Cl2N5O/c15-11-2-1-9(5-12(11)16)7-21(3-4-22)14-10-6-19-20-13(10)17-8-18-14/h1-2,5-6,8,22H,3-4,7H2,(H,17,18,19,20). The van der Waals surface area contributed by atoms with Crippen LogP contribution in [0.5, 0.6) is 0 Å². The summed E-state index contributed by atoms with van der Waals surface area (Å²) in [5.41, 5.74) is 1.63. The smallest absolute Gasteiger partial charge is 0.160 e. The second-order valence-corrected chi connectivity index (χ2v) is 5.54. The molecular weight excluding hydrogens is 325 g/mol. The van der Waals surface area contributed by atoms with Crippen LogP contribution in [0.2, 0.25) is 10.0 Å². The number of aromatic nitrogens is 4. The molecule has 8 heteroatoms. The maximum absolute atomic E-state index is 9.34. The fourth-order valence-corrected chi connectivity index (χ4v) is 2.56.